The maximum atomic E-state index is 11.2. The summed E-state index contributed by atoms with van der Waals surface area (Å²) < 4.78 is 10.2. The van der Waals surface area contributed by atoms with Crippen LogP contribution in [0.15, 0.2) is 10.9 Å². The van der Waals surface area contributed by atoms with E-state index in [1.807, 2.05) is 0 Å². The van der Waals surface area contributed by atoms with E-state index in [4.69, 9.17) is 20.9 Å². The number of aromatic nitrogens is 2. The van der Waals surface area contributed by atoms with Crippen molar-refractivity contribution in [2.45, 2.75) is 12.7 Å². The van der Waals surface area contributed by atoms with Crippen LogP contribution in [-0.4, -0.2) is 24.2 Å². The van der Waals surface area contributed by atoms with E-state index in [0.717, 1.165) is 0 Å². The summed E-state index contributed by atoms with van der Waals surface area (Å²) >= 11 is 6.55. The van der Waals surface area contributed by atoms with Gasteiger partial charge in [0.1, 0.15) is 5.82 Å². The first-order valence-electron chi connectivity index (χ1n) is 4.42. The zero-order valence-electron chi connectivity index (χ0n) is 9.22. The number of aryl methyl sites for hydroxylation is 1. The summed E-state index contributed by atoms with van der Waals surface area (Å²) in [7, 11) is 3.04. The molecule has 0 aliphatic carbocycles. The molecule has 0 aliphatic rings. The summed E-state index contributed by atoms with van der Waals surface area (Å²) in [5.74, 6) is 1.09. The van der Waals surface area contributed by atoms with Gasteiger partial charge in [-0.05, 0) is 18.7 Å². The Balaban J connectivity index is 2.75. The van der Waals surface area contributed by atoms with Gasteiger partial charge >= 0.3 is 0 Å². The highest BCUT2D eigenvalue weighted by Crippen LogP contribution is 2.60. The van der Waals surface area contributed by atoms with Gasteiger partial charge in [0.05, 0.1) is 5.69 Å². The third kappa shape index (κ3) is 3.99. The lowest BCUT2D eigenvalue weighted by atomic mass is 10.4. The Kier molecular flexibility index (Phi) is 5.14. The second-order valence-corrected chi connectivity index (χ2v) is 9.43. The van der Waals surface area contributed by atoms with Gasteiger partial charge in [-0.1, -0.05) is 11.4 Å². The Morgan fingerprint density at radius 2 is 2.19 bits per heavy atom. The Morgan fingerprint density at radius 1 is 1.56 bits per heavy atom. The molecule has 0 saturated heterocycles. The standard InChI is InChI=1S/C8H13N2O3PS2/c1-6-9-7(4-8(11)10-6)5-16-14(15,12-2)13-3/h4H,5H2,1-3H3,(H,9,10,11). The molecule has 16 heavy (non-hydrogen) atoms. The van der Waals surface area contributed by atoms with Gasteiger partial charge in [-0.25, -0.2) is 4.98 Å². The highest BCUT2D eigenvalue weighted by molar-refractivity contribution is 8.67. The van der Waals surface area contributed by atoms with Crippen molar-refractivity contribution in [1.29, 1.82) is 0 Å². The number of aromatic amines is 1. The summed E-state index contributed by atoms with van der Waals surface area (Å²) in [4.78, 5) is 18.0. The summed E-state index contributed by atoms with van der Waals surface area (Å²) in [6.07, 6.45) is 0. The quantitative estimate of drug-likeness (QED) is 0.830. The number of H-pyrrole nitrogens is 1. The van der Waals surface area contributed by atoms with Gasteiger partial charge in [0.25, 0.3) is 5.56 Å². The molecule has 1 N–H and O–H groups in total. The largest absolute Gasteiger partial charge is 0.325 e. The SMILES string of the molecule is COP(=S)(OC)SCc1cc(=O)[nH]c(C)n1. The lowest BCUT2D eigenvalue weighted by Crippen LogP contribution is -2.09. The molecular weight excluding hydrogens is 267 g/mol. The molecule has 0 aliphatic heterocycles. The summed E-state index contributed by atoms with van der Waals surface area (Å²) in [6, 6.07) is 1.45. The van der Waals surface area contributed by atoms with Crippen LogP contribution >= 0.6 is 17.1 Å². The van der Waals surface area contributed by atoms with Crippen LogP contribution in [-0.2, 0) is 26.6 Å². The van der Waals surface area contributed by atoms with Crippen LogP contribution in [0, 0.1) is 6.92 Å². The third-order valence-corrected chi connectivity index (χ3v) is 7.44. The minimum atomic E-state index is -2.28. The highest BCUT2D eigenvalue weighted by Gasteiger charge is 2.16. The Bertz CT molecular complexity index is 455. The van der Waals surface area contributed by atoms with Crippen molar-refractivity contribution < 1.29 is 9.05 Å². The van der Waals surface area contributed by atoms with Gasteiger partial charge in [-0.3, -0.25) is 4.79 Å². The van der Waals surface area contributed by atoms with Crippen molar-refractivity contribution in [3.8, 4) is 0 Å². The average Bonchev–Trinajstić information content (AvgIpc) is 2.25. The summed E-state index contributed by atoms with van der Waals surface area (Å²) in [6.45, 7) is 1.73. The smallest absolute Gasteiger partial charge is 0.251 e. The van der Waals surface area contributed by atoms with Gasteiger partial charge in [0.15, 0.2) is 0 Å². The van der Waals surface area contributed by atoms with Crippen molar-refractivity contribution in [3.05, 3.63) is 27.9 Å². The predicted molar refractivity (Wildman–Crippen MR) is 69.2 cm³/mol. The first kappa shape index (κ1) is 13.9. The average molecular weight is 280 g/mol. The molecule has 1 aromatic heterocycles. The first-order valence-corrected chi connectivity index (χ1v) is 8.65. The predicted octanol–water partition coefficient (Wildman–Crippen LogP) is 1.83. The van der Waals surface area contributed by atoms with Crippen molar-refractivity contribution >= 4 is 28.9 Å². The van der Waals surface area contributed by atoms with E-state index in [2.05, 4.69) is 9.97 Å². The van der Waals surface area contributed by atoms with Gasteiger partial charge in [0.2, 0.25) is 5.69 Å². The first-order chi connectivity index (χ1) is 7.49. The second-order valence-electron chi connectivity index (χ2n) is 2.91. The molecule has 0 bridgehead atoms. The van der Waals surface area contributed by atoms with Crippen molar-refractivity contribution in [2.75, 3.05) is 14.2 Å². The van der Waals surface area contributed by atoms with E-state index >= 15 is 0 Å². The number of hydrogen-bond donors (Lipinski definition) is 1. The lowest BCUT2D eigenvalue weighted by Gasteiger charge is -2.15. The maximum absolute atomic E-state index is 11.2. The third-order valence-electron chi connectivity index (χ3n) is 1.73. The monoisotopic (exact) mass is 280 g/mol. The van der Waals surface area contributed by atoms with Gasteiger partial charge in [-0.15, -0.1) is 0 Å². The molecule has 5 nitrogen and oxygen atoms in total. The van der Waals surface area contributed by atoms with Crippen LogP contribution < -0.4 is 5.56 Å². The molecule has 0 radical (unpaired) electrons. The number of nitrogens with zero attached hydrogens (tertiary/aromatic N) is 1. The van der Waals surface area contributed by atoms with Crippen LogP contribution in [0.1, 0.15) is 11.5 Å². The van der Waals surface area contributed by atoms with E-state index < -0.39 is 5.69 Å². The van der Waals surface area contributed by atoms with Crippen molar-refractivity contribution in [2.24, 2.45) is 0 Å². The van der Waals surface area contributed by atoms with Gasteiger partial charge in [-0.2, -0.15) is 0 Å². The molecule has 1 heterocycles. The van der Waals surface area contributed by atoms with Crippen LogP contribution in [0.25, 0.3) is 0 Å². The number of nitrogens with one attached hydrogen (secondary N) is 1. The fourth-order valence-electron chi connectivity index (χ4n) is 1.04. The normalized spacial score (nSPS) is 11.7. The molecule has 90 valence electrons. The van der Waals surface area contributed by atoms with Gasteiger partial charge < -0.3 is 14.0 Å². The summed E-state index contributed by atoms with van der Waals surface area (Å²) in [5, 5.41) is 0. The topological polar surface area (TPSA) is 64.2 Å². The fraction of sp³-hybridized carbons (Fsp3) is 0.500. The molecule has 8 heteroatoms. The molecule has 0 saturated carbocycles. The maximum Gasteiger partial charge on any atom is 0.251 e. The van der Waals surface area contributed by atoms with Gasteiger partial charge in [0, 0.05) is 26.0 Å². The number of hydrogen-bond acceptors (Lipinski definition) is 6. The zero-order valence-corrected chi connectivity index (χ0v) is 11.7. The summed E-state index contributed by atoms with van der Waals surface area (Å²) in [5.41, 5.74) is -1.76. The minimum Gasteiger partial charge on any atom is -0.325 e. The van der Waals surface area contributed by atoms with Crippen LogP contribution in [0.3, 0.4) is 0 Å². The van der Waals surface area contributed by atoms with E-state index in [-0.39, 0.29) is 5.56 Å². The molecule has 0 aromatic carbocycles. The van der Waals surface area contributed by atoms with Crippen LogP contribution in [0.2, 0.25) is 0 Å². The highest BCUT2D eigenvalue weighted by atomic mass is 32.9. The Labute approximate surface area is 103 Å². The zero-order chi connectivity index (χ0) is 12.2. The minimum absolute atomic E-state index is 0.161. The van der Waals surface area contributed by atoms with E-state index in [1.165, 1.54) is 31.7 Å². The van der Waals surface area contributed by atoms with Crippen molar-refractivity contribution in [3.63, 3.8) is 0 Å². The molecule has 0 atom stereocenters. The van der Waals surface area contributed by atoms with E-state index in [1.54, 1.807) is 6.92 Å². The second kappa shape index (κ2) is 5.93. The molecule has 0 spiro atoms. The van der Waals surface area contributed by atoms with Crippen LogP contribution in [0.4, 0.5) is 0 Å². The molecule has 0 amide bonds. The molecule has 0 unspecified atom stereocenters. The van der Waals surface area contributed by atoms with Crippen LogP contribution in [0.5, 0.6) is 0 Å². The lowest BCUT2D eigenvalue weighted by molar-refractivity contribution is 0.354. The number of rotatable bonds is 5. The fourth-order valence-corrected chi connectivity index (χ4v) is 3.82. The molecular formula is C8H13N2O3PS2. The van der Waals surface area contributed by atoms with E-state index in [0.29, 0.717) is 17.3 Å². The molecule has 0 fully saturated rings. The van der Waals surface area contributed by atoms with Crippen molar-refractivity contribution in [1.82, 2.24) is 9.97 Å². The molecule has 1 aromatic rings. The van der Waals surface area contributed by atoms with E-state index in [9.17, 15) is 4.79 Å². The Morgan fingerprint density at radius 3 is 2.69 bits per heavy atom. The molecule has 1 rings (SSSR count). The Hall–Kier alpha value is -0.200.